The van der Waals surface area contributed by atoms with Crippen molar-refractivity contribution in [2.24, 2.45) is 0 Å². The van der Waals surface area contributed by atoms with Gasteiger partial charge in [-0.3, -0.25) is 14.4 Å². The third-order valence-corrected chi connectivity index (χ3v) is 7.97. The van der Waals surface area contributed by atoms with Gasteiger partial charge in [-0.1, -0.05) is 0 Å². The summed E-state index contributed by atoms with van der Waals surface area (Å²) in [4.78, 5) is 34.1. The summed E-state index contributed by atoms with van der Waals surface area (Å²) in [5.74, 6) is -8.47. The Hall–Kier alpha value is -2.00. The predicted molar refractivity (Wildman–Crippen MR) is 68.1 cm³/mol. The van der Waals surface area contributed by atoms with Crippen LogP contribution in [-0.2, 0) is 14.4 Å². The van der Waals surface area contributed by atoms with Crippen LogP contribution in [0.4, 0.5) is 39.5 Å². The number of hydrogen-bond donors (Lipinski definition) is 0. The maximum Gasteiger partial charge on any atom is 0.470 e. The van der Waals surface area contributed by atoms with E-state index in [1.54, 1.807) is 0 Å². The van der Waals surface area contributed by atoms with Crippen LogP contribution in [0.25, 0.3) is 0 Å². The van der Waals surface area contributed by atoms with E-state index in [0.29, 0.717) is 6.55 Å². The van der Waals surface area contributed by atoms with Gasteiger partial charge >= 0.3 is 44.8 Å². The highest BCUT2D eigenvalue weighted by molar-refractivity contribution is 6.76. The van der Waals surface area contributed by atoms with E-state index in [1.165, 1.54) is 0 Å². The maximum absolute atomic E-state index is 12.6. The Kier molecular flexibility index (Phi) is 6.42. The number of alkyl halides is 9. The van der Waals surface area contributed by atoms with Crippen molar-refractivity contribution >= 4 is 26.3 Å². The van der Waals surface area contributed by atoms with Crippen molar-refractivity contribution in [1.29, 1.82) is 0 Å². The first-order valence-electron chi connectivity index (χ1n) is 6.25. The number of nitrogens with zero attached hydrogens (tertiary/aromatic N) is 3. The summed E-state index contributed by atoms with van der Waals surface area (Å²) in [6.45, 7) is 0.379. The Bertz CT molecular complexity index is 508. The molecule has 0 aromatic carbocycles. The zero-order valence-corrected chi connectivity index (χ0v) is 14.5. The fraction of sp³-hybridized carbons (Fsp3) is 0.700. The van der Waals surface area contributed by atoms with Gasteiger partial charge in [0.25, 0.3) is 0 Å². The van der Waals surface area contributed by atoms with Gasteiger partial charge in [0.2, 0.25) is 0 Å². The Balaban J connectivity index is 6.40. The van der Waals surface area contributed by atoms with Crippen LogP contribution in [0.15, 0.2) is 0 Å². The van der Waals surface area contributed by atoms with Gasteiger partial charge in [0.05, 0.1) is 0 Å². The zero-order valence-electron chi connectivity index (χ0n) is 13.5. The summed E-state index contributed by atoms with van der Waals surface area (Å²) >= 11 is 0. The maximum atomic E-state index is 12.6. The molecule has 0 fully saturated rings. The second kappa shape index (κ2) is 6.96. The van der Waals surface area contributed by atoms with E-state index in [9.17, 15) is 53.9 Å². The van der Waals surface area contributed by atoms with Crippen LogP contribution in [0.5, 0.6) is 0 Å². The van der Waals surface area contributed by atoms with Gasteiger partial charge in [-0.25, -0.2) is 0 Å². The fourth-order valence-electron chi connectivity index (χ4n) is 1.82. The first-order valence-corrected chi connectivity index (χ1v) is 8.59. The van der Waals surface area contributed by atoms with Crippen LogP contribution < -0.4 is 0 Å². The average Bonchev–Trinajstić information content (AvgIpc) is 2.46. The van der Waals surface area contributed by atoms with Crippen LogP contribution in [0.2, 0.25) is 6.55 Å². The summed E-state index contributed by atoms with van der Waals surface area (Å²) in [7, 11) is -4.53. The molecule has 0 atom stereocenters. The Morgan fingerprint density at radius 2 is 0.731 bits per heavy atom. The molecule has 0 aliphatic carbocycles. The standard InChI is InChI=1S/C10H12F9N3O3Si/c1-20(5(23)8(11,12)13)26(4,21(2)6(24)9(14,15)16)22(3)7(25)10(17,18)19/h1-4H3. The van der Waals surface area contributed by atoms with Gasteiger partial charge in [-0.2, -0.15) is 39.5 Å². The molecule has 0 aliphatic heterocycles. The Morgan fingerprint density at radius 3 is 0.846 bits per heavy atom. The highest BCUT2D eigenvalue weighted by atomic mass is 28.4. The molecule has 0 rings (SSSR count). The van der Waals surface area contributed by atoms with Crippen LogP contribution in [0.1, 0.15) is 0 Å². The van der Waals surface area contributed by atoms with E-state index in [0.717, 1.165) is 0 Å². The quantitative estimate of drug-likeness (QED) is 0.514. The van der Waals surface area contributed by atoms with Gasteiger partial charge in [-0.05, 0) is 6.55 Å². The van der Waals surface area contributed by atoms with Crippen molar-refractivity contribution in [2.75, 3.05) is 21.1 Å². The number of carbonyl (C=O) groups is 3. The largest absolute Gasteiger partial charge is 0.470 e. The lowest BCUT2D eigenvalue weighted by molar-refractivity contribution is -0.187. The molecule has 0 saturated heterocycles. The number of amides is 3. The molecule has 16 heteroatoms. The molecule has 152 valence electrons. The van der Waals surface area contributed by atoms with Crippen molar-refractivity contribution < 1.29 is 53.9 Å². The van der Waals surface area contributed by atoms with Gasteiger partial charge < -0.3 is 13.7 Å². The minimum absolute atomic E-state index is 0.252. The molecule has 0 aliphatic rings. The summed E-state index contributed by atoms with van der Waals surface area (Å²) < 4.78 is 112. The predicted octanol–water partition coefficient (Wildman–Crippen LogP) is 1.62. The first-order chi connectivity index (χ1) is 11.2. The topological polar surface area (TPSA) is 60.9 Å². The molecule has 0 aromatic rings. The average molecular weight is 421 g/mol. The zero-order chi connectivity index (χ0) is 21.5. The monoisotopic (exact) mass is 421 g/mol. The molecule has 0 aromatic heterocycles. The third-order valence-electron chi connectivity index (χ3n) is 3.55. The molecular formula is C10H12F9N3O3Si. The molecule has 0 unspecified atom stereocenters. The van der Waals surface area contributed by atoms with Crippen LogP contribution in [-0.4, -0.2) is 79.6 Å². The smallest absolute Gasteiger partial charge is 0.330 e. The summed E-state index contributed by atoms with van der Waals surface area (Å²) in [6.07, 6.45) is -17.0. The summed E-state index contributed by atoms with van der Waals surface area (Å²) in [6, 6.07) is 0. The van der Waals surface area contributed by atoms with E-state index < -0.39 is 58.5 Å². The molecule has 0 heterocycles. The van der Waals surface area contributed by atoms with Crippen molar-refractivity contribution in [3.63, 3.8) is 0 Å². The molecule has 6 nitrogen and oxygen atoms in total. The van der Waals surface area contributed by atoms with Gasteiger partial charge in [0.15, 0.2) is 0 Å². The molecule has 26 heavy (non-hydrogen) atoms. The molecule has 3 amide bonds. The third kappa shape index (κ3) is 4.58. The van der Waals surface area contributed by atoms with E-state index in [2.05, 4.69) is 0 Å². The van der Waals surface area contributed by atoms with Crippen LogP contribution >= 0.6 is 0 Å². The van der Waals surface area contributed by atoms with Crippen LogP contribution in [0.3, 0.4) is 0 Å². The molecule has 0 saturated carbocycles. The fourth-order valence-corrected chi connectivity index (χ4v) is 4.71. The molecular weight excluding hydrogens is 409 g/mol. The lowest BCUT2D eigenvalue weighted by Crippen LogP contribution is -2.77. The molecule has 0 spiro atoms. The van der Waals surface area contributed by atoms with Crippen LogP contribution in [0, 0.1) is 0 Å². The minimum Gasteiger partial charge on any atom is -0.330 e. The number of hydrogen-bond acceptors (Lipinski definition) is 3. The van der Waals surface area contributed by atoms with Crippen molar-refractivity contribution in [3.8, 4) is 0 Å². The van der Waals surface area contributed by atoms with Crippen molar-refractivity contribution in [1.82, 2.24) is 13.7 Å². The molecule has 0 bridgehead atoms. The van der Waals surface area contributed by atoms with E-state index in [1.807, 2.05) is 0 Å². The Labute approximate surface area is 141 Å². The second-order valence-corrected chi connectivity index (χ2v) is 9.01. The minimum atomic E-state index is -5.67. The van der Waals surface area contributed by atoms with E-state index in [-0.39, 0.29) is 21.1 Å². The summed E-state index contributed by atoms with van der Waals surface area (Å²) in [5, 5.41) is 0. The number of carbonyl (C=O) groups excluding carboxylic acids is 3. The Morgan fingerprint density at radius 1 is 0.577 bits per heavy atom. The SMILES string of the molecule is CN(C(=O)C(F)(F)F)[Si](C)(N(C)C(=O)C(F)(F)F)N(C)C(=O)C(F)(F)F. The number of halogens is 9. The van der Waals surface area contributed by atoms with Gasteiger partial charge in [-0.15, -0.1) is 0 Å². The molecule has 0 radical (unpaired) electrons. The highest BCUT2D eigenvalue weighted by Crippen LogP contribution is 2.30. The highest BCUT2D eigenvalue weighted by Gasteiger charge is 2.61. The lowest BCUT2D eigenvalue weighted by Gasteiger charge is -2.47. The second-order valence-electron chi connectivity index (χ2n) is 5.06. The van der Waals surface area contributed by atoms with E-state index in [4.69, 9.17) is 0 Å². The lowest BCUT2D eigenvalue weighted by atomic mass is 10.6. The molecule has 0 N–H and O–H groups in total. The van der Waals surface area contributed by atoms with Gasteiger partial charge in [0.1, 0.15) is 0 Å². The normalized spacial score (nSPS) is 13.3. The van der Waals surface area contributed by atoms with Crippen molar-refractivity contribution in [3.05, 3.63) is 0 Å². The van der Waals surface area contributed by atoms with E-state index >= 15 is 0 Å². The van der Waals surface area contributed by atoms with Crippen molar-refractivity contribution in [2.45, 2.75) is 25.1 Å². The van der Waals surface area contributed by atoms with Gasteiger partial charge in [0, 0.05) is 21.1 Å². The first kappa shape index (κ1) is 24.0. The summed E-state index contributed by atoms with van der Waals surface area (Å²) in [5.41, 5.74) is 0. The number of rotatable bonds is 3.